The number of hydrogen-bond donors (Lipinski definition) is 2. The van der Waals surface area contributed by atoms with E-state index in [0.717, 1.165) is 57.4 Å². The van der Waals surface area contributed by atoms with E-state index in [1.165, 1.54) is 31.3 Å². The van der Waals surface area contributed by atoms with Crippen molar-refractivity contribution in [1.29, 1.82) is 0 Å². The Morgan fingerprint density at radius 3 is 2.12 bits per heavy atom. The minimum absolute atomic E-state index is 0.275. The molecule has 26 heavy (non-hydrogen) atoms. The molecule has 0 atom stereocenters. The Morgan fingerprint density at radius 2 is 1.46 bits per heavy atom. The zero-order valence-corrected chi connectivity index (χ0v) is 16.3. The SMILES string of the molecule is CCCCCCC=C(CC=CC=CC(=O)O)CCCCCCCC(=O)O. The van der Waals surface area contributed by atoms with Crippen LogP contribution in [0.4, 0.5) is 0 Å². The molecular weight excluding hydrogens is 328 g/mol. The van der Waals surface area contributed by atoms with Crippen LogP contribution in [0.25, 0.3) is 0 Å². The Labute approximate surface area is 158 Å². The van der Waals surface area contributed by atoms with E-state index in [-0.39, 0.29) is 6.42 Å². The van der Waals surface area contributed by atoms with E-state index in [9.17, 15) is 9.59 Å². The molecule has 0 unspecified atom stereocenters. The van der Waals surface area contributed by atoms with Crippen molar-refractivity contribution in [3.05, 3.63) is 36.0 Å². The van der Waals surface area contributed by atoms with E-state index in [0.29, 0.717) is 0 Å². The van der Waals surface area contributed by atoms with Gasteiger partial charge in [0.15, 0.2) is 0 Å². The van der Waals surface area contributed by atoms with Crippen molar-refractivity contribution in [2.75, 3.05) is 0 Å². The maximum atomic E-state index is 10.5. The van der Waals surface area contributed by atoms with Gasteiger partial charge in [-0.2, -0.15) is 0 Å². The lowest BCUT2D eigenvalue weighted by Gasteiger charge is -2.06. The fraction of sp³-hybridized carbons (Fsp3) is 0.636. The summed E-state index contributed by atoms with van der Waals surface area (Å²) in [5.41, 5.74) is 1.42. The highest BCUT2D eigenvalue weighted by Gasteiger charge is 1.99. The van der Waals surface area contributed by atoms with Crippen molar-refractivity contribution in [3.63, 3.8) is 0 Å². The Balaban J connectivity index is 4.15. The Hall–Kier alpha value is -1.84. The molecule has 148 valence electrons. The highest BCUT2D eigenvalue weighted by molar-refractivity contribution is 5.80. The lowest BCUT2D eigenvalue weighted by atomic mass is 10.0. The number of rotatable bonds is 17. The fourth-order valence-corrected chi connectivity index (χ4v) is 2.76. The average molecular weight is 365 g/mol. The summed E-state index contributed by atoms with van der Waals surface area (Å²) < 4.78 is 0. The van der Waals surface area contributed by atoms with Crippen LogP contribution in [0, 0.1) is 0 Å². The molecule has 0 aromatic rings. The molecule has 0 saturated heterocycles. The zero-order valence-electron chi connectivity index (χ0n) is 16.3. The van der Waals surface area contributed by atoms with Gasteiger partial charge in [0.1, 0.15) is 0 Å². The summed E-state index contributed by atoms with van der Waals surface area (Å²) in [5, 5.41) is 17.2. The normalized spacial score (nSPS) is 12.3. The monoisotopic (exact) mass is 364 g/mol. The molecule has 0 aliphatic rings. The van der Waals surface area contributed by atoms with E-state index < -0.39 is 11.9 Å². The van der Waals surface area contributed by atoms with Crippen molar-refractivity contribution < 1.29 is 19.8 Å². The van der Waals surface area contributed by atoms with E-state index in [2.05, 4.69) is 13.0 Å². The third-order valence-electron chi connectivity index (χ3n) is 4.25. The highest BCUT2D eigenvalue weighted by Crippen LogP contribution is 2.17. The molecule has 0 radical (unpaired) electrons. The van der Waals surface area contributed by atoms with Gasteiger partial charge in [0.2, 0.25) is 0 Å². The van der Waals surface area contributed by atoms with Crippen LogP contribution >= 0.6 is 0 Å². The quantitative estimate of drug-likeness (QED) is 0.138. The molecule has 0 fully saturated rings. The second-order valence-corrected chi connectivity index (χ2v) is 6.70. The van der Waals surface area contributed by atoms with Gasteiger partial charge >= 0.3 is 11.9 Å². The molecule has 0 aliphatic carbocycles. The fourth-order valence-electron chi connectivity index (χ4n) is 2.76. The summed E-state index contributed by atoms with van der Waals surface area (Å²) in [4.78, 5) is 20.9. The zero-order chi connectivity index (χ0) is 19.5. The molecule has 0 spiro atoms. The molecule has 0 saturated carbocycles. The van der Waals surface area contributed by atoms with Gasteiger partial charge in [0.05, 0.1) is 0 Å². The van der Waals surface area contributed by atoms with E-state index in [1.54, 1.807) is 12.2 Å². The molecule has 4 nitrogen and oxygen atoms in total. The predicted octanol–water partition coefficient (Wildman–Crippen LogP) is 6.29. The number of carboxylic acid groups (broad SMARTS) is 2. The number of carbonyl (C=O) groups is 2. The molecule has 0 aromatic heterocycles. The van der Waals surface area contributed by atoms with Gasteiger partial charge in [0, 0.05) is 12.5 Å². The van der Waals surface area contributed by atoms with Crippen molar-refractivity contribution in [2.24, 2.45) is 0 Å². The summed E-state index contributed by atoms with van der Waals surface area (Å²) in [6, 6.07) is 0. The molecule has 0 rings (SSSR count). The number of unbranched alkanes of at least 4 members (excludes halogenated alkanes) is 8. The highest BCUT2D eigenvalue weighted by atomic mass is 16.4. The third-order valence-corrected chi connectivity index (χ3v) is 4.25. The first kappa shape index (κ1) is 24.2. The smallest absolute Gasteiger partial charge is 0.328 e. The summed E-state index contributed by atoms with van der Waals surface area (Å²) in [6.07, 6.45) is 22.4. The molecule has 0 amide bonds. The molecule has 0 bridgehead atoms. The van der Waals surface area contributed by atoms with Crippen molar-refractivity contribution in [3.8, 4) is 0 Å². The van der Waals surface area contributed by atoms with Crippen LogP contribution in [0.15, 0.2) is 36.0 Å². The van der Waals surface area contributed by atoms with Crippen molar-refractivity contribution >= 4 is 11.9 Å². The minimum Gasteiger partial charge on any atom is -0.481 e. The number of carboxylic acids is 2. The van der Waals surface area contributed by atoms with Crippen LogP contribution in [0.2, 0.25) is 0 Å². The minimum atomic E-state index is -0.927. The topological polar surface area (TPSA) is 74.6 Å². The van der Waals surface area contributed by atoms with Gasteiger partial charge in [-0.25, -0.2) is 4.79 Å². The lowest BCUT2D eigenvalue weighted by Crippen LogP contribution is -1.93. The molecule has 2 N–H and O–H groups in total. The maximum Gasteiger partial charge on any atom is 0.328 e. The third kappa shape index (κ3) is 18.5. The Kier molecular flexibility index (Phi) is 16.7. The molecule has 4 heteroatoms. The standard InChI is InChI=1S/C22H36O4/c1-2-3-4-6-10-15-20(17-12-9-14-19-22(25)26)16-11-7-5-8-13-18-21(23)24/h9,12,14-15,19H,2-8,10-11,13,16-18H2,1H3,(H,23,24)(H,25,26). The van der Waals surface area contributed by atoms with E-state index in [4.69, 9.17) is 10.2 Å². The van der Waals surface area contributed by atoms with Gasteiger partial charge in [-0.05, 0) is 38.5 Å². The summed E-state index contributed by atoms with van der Waals surface area (Å²) >= 11 is 0. The Bertz CT molecular complexity index is 461. The lowest BCUT2D eigenvalue weighted by molar-refractivity contribution is -0.137. The molecule has 0 aromatic carbocycles. The van der Waals surface area contributed by atoms with Crippen molar-refractivity contribution in [2.45, 2.75) is 90.4 Å². The number of hydrogen-bond acceptors (Lipinski definition) is 2. The number of aliphatic carboxylic acids is 2. The Morgan fingerprint density at radius 1 is 0.808 bits per heavy atom. The number of allylic oxidation sites excluding steroid dienone is 5. The van der Waals surface area contributed by atoms with Crippen molar-refractivity contribution in [1.82, 2.24) is 0 Å². The summed E-state index contributed by atoms with van der Waals surface area (Å²) in [5.74, 6) is -1.63. The van der Waals surface area contributed by atoms with Crippen LogP contribution in [0.3, 0.4) is 0 Å². The van der Waals surface area contributed by atoms with Crippen LogP contribution in [0.5, 0.6) is 0 Å². The molecule has 0 heterocycles. The van der Waals surface area contributed by atoms with Gasteiger partial charge in [0.25, 0.3) is 0 Å². The van der Waals surface area contributed by atoms with Gasteiger partial charge in [-0.15, -0.1) is 0 Å². The van der Waals surface area contributed by atoms with Gasteiger partial charge < -0.3 is 10.2 Å². The second kappa shape index (κ2) is 18.0. The first-order chi connectivity index (χ1) is 12.6. The average Bonchev–Trinajstić information content (AvgIpc) is 2.59. The molecule has 0 aliphatic heterocycles. The predicted molar refractivity (Wildman–Crippen MR) is 107 cm³/mol. The van der Waals surface area contributed by atoms with Crippen LogP contribution < -0.4 is 0 Å². The largest absolute Gasteiger partial charge is 0.481 e. The molecular formula is C22H36O4. The first-order valence-corrected chi connectivity index (χ1v) is 10.0. The first-order valence-electron chi connectivity index (χ1n) is 10.0. The maximum absolute atomic E-state index is 10.5. The van der Waals surface area contributed by atoms with Crippen LogP contribution in [0.1, 0.15) is 90.4 Å². The van der Waals surface area contributed by atoms with Crippen LogP contribution in [-0.2, 0) is 9.59 Å². The van der Waals surface area contributed by atoms with Crippen LogP contribution in [-0.4, -0.2) is 22.2 Å². The summed E-state index contributed by atoms with van der Waals surface area (Å²) in [7, 11) is 0. The summed E-state index contributed by atoms with van der Waals surface area (Å²) in [6.45, 7) is 2.22. The van der Waals surface area contributed by atoms with Gasteiger partial charge in [-0.1, -0.05) is 75.3 Å². The van der Waals surface area contributed by atoms with E-state index >= 15 is 0 Å². The van der Waals surface area contributed by atoms with E-state index in [1.807, 2.05) is 6.08 Å². The second-order valence-electron chi connectivity index (χ2n) is 6.70. The van der Waals surface area contributed by atoms with Gasteiger partial charge in [-0.3, -0.25) is 4.79 Å².